The fourth-order valence-corrected chi connectivity index (χ4v) is 3.50. The van der Waals surface area contributed by atoms with E-state index >= 15 is 0 Å². The minimum absolute atomic E-state index is 0.333. The van der Waals surface area contributed by atoms with Crippen LogP contribution in [0.1, 0.15) is 29.7 Å². The molecule has 0 saturated carbocycles. The zero-order valence-corrected chi connectivity index (χ0v) is 12.8. The number of fused-ring (bicyclic) bond motifs is 1. The summed E-state index contributed by atoms with van der Waals surface area (Å²) in [6.07, 6.45) is 2.28. The summed E-state index contributed by atoms with van der Waals surface area (Å²) in [7, 11) is 2.05. The van der Waals surface area contributed by atoms with E-state index in [9.17, 15) is 0 Å². The van der Waals surface area contributed by atoms with Crippen LogP contribution in [-0.4, -0.2) is 13.7 Å². The Morgan fingerprint density at radius 1 is 1.05 bits per heavy atom. The van der Waals surface area contributed by atoms with Gasteiger partial charge in [0.1, 0.15) is 5.75 Å². The van der Waals surface area contributed by atoms with E-state index in [1.54, 1.807) is 0 Å². The lowest BCUT2D eigenvalue weighted by atomic mass is 9.90. The van der Waals surface area contributed by atoms with Crippen molar-refractivity contribution < 1.29 is 4.74 Å². The van der Waals surface area contributed by atoms with Crippen LogP contribution >= 0.6 is 0 Å². The molecule has 0 radical (unpaired) electrons. The Labute approximate surface area is 127 Å². The normalized spacial score (nSPS) is 15.7. The quantitative estimate of drug-likeness (QED) is 0.901. The molecule has 0 fully saturated rings. The van der Waals surface area contributed by atoms with Crippen LogP contribution in [0.25, 0.3) is 0 Å². The van der Waals surface area contributed by atoms with Gasteiger partial charge in [-0.3, -0.25) is 0 Å². The van der Waals surface area contributed by atoms with Crippen LogP contribution in [0.5, 0.6) is 5.75 Å². The first kappa shape index (κ1) is 14.2. The van der Waals surface area contributed by atoms with Crippen LogP contribution in [0.4, 0.5) is 0 Å². The number of para-hydroxylation sites is 1. The van der Waals surface area contributed by atoms with Gasteiger partial charge in [-0.15, -0.1) is 0 Å². The molecule has 2 nitrogen and oxygen atoms in total. The minimum atomic E-state index is 0.333. The van der Waals surface area contributed by atoms with Crippen LogP contribution in [0.3, 0.4) is 0 Å². The molecular formula is C19H23NO. The molecule has 2 aromatic carbocycles. The maximum absolute atomic E-state index is 5.82. The zero-order valence-electron chi connectivity index (χ0n) is 12.8. The highest BCUT2D eigenvalue weighted by atomic mass is 16.5. The van der Waals surface area contributed by atoms with Crippen molar-refractivity contribution in [1.29, 1.82) is 0 Å². The zero-order chi connectivity index (χ0) is 14.7. The van der Waals surface area contributed by atoms with Crippen LogP contribution in [0, 0.1) is 5.92 Å². The summed E-state index contributed by atoms with van der Waals surface area (Å²) in [6.45, 7) is 2.74. The predicted molar refractivity (Wildman–Crippen MR) is 86.8 cm³/mol. The number of hydrogen-bond acceptors (Lipinski definition) is 2. The Balaban J connectivity index is 1.87. The van der Waals surface area contributed by atoms with Gasteiger partial charge in [0, 0.05) is 11.6 Å². The molecule has 1 N–H and O–H groups in total. The van der Waals surface area contributed by atoms with E-state index in [1.165, 1.54) is 16.7 Å². The first-order valence-electron chi connectivity index (χ1n) is 7.79. The third-order valence-corrected chi connectivity index (χ3v) is 4.42. The van der Waals surface area contributed by atoms with Gasteiger partial charge in [0.2, 0.25) is 0 Å². The number of ether oxygens (including phenoxy) is 1. The topological polar surface area (TPSA) is 21.3 Å². The maximum atomic E-state index is 5.82. The van der Waals surface area contributed by atoms with Gasteiger partial charge in [0.05, 0.1) is 6.61 Å². The third-order valence-electron chi connectivity index (χ3n) is 4.42. The standard InChI is InChI=1S/C19H23NO/c1-3-21-18-11-7-6-10-17(18)19(20-2)16-12-14-8-4-5-9-15(14)13-16/h4-11,16,19-20H,3,12-13H2,1-2H3. The molecule has 110 valence electrons. The van der Waals surface area contributed by atoms with Gasteiger partial charge in [-0.25, -0.2) is 0 Å². The molecule has 1 aliphatic carbocycles. The van der Waals surface area contributed by atoms with Gasteiger partial charge in [-0.1, -0.05) is 42.5 Å². The van der Waals surface area contributed by atoms with Crippen LogP contribution < -0.4 is 10.1 Å². The molecule has 0 heterocycles. The average Bonchev–Trinajstić information content (AvgIpc) is 2.93. The molecule has 0 saturated heterocycles. The van der Waals surface area contributed by atoms with Crippen molar-refractivity contribution in [3.05, 3.63) is 65.2 Å². The highest BCUT2D eigenvalue weighted by Gasteiger charge is 2.30. The maximum Gasteiger partial charge on any atom is 0.124 e. The number of rotatable bonds is 5. The van der Waals surface area contributed by atoms with Gasteiger partial charge in [0.25, 0.3) is 0 Å². The van der Waals surface area contributed by atoms with Crippen molar-refractivity contribution in [2.45, 2.75) is 25.8 Å². The fraction of sp³-hybridized carbons (Fsp3) is 0.368. The van der Waals surface area contributed by atoms with E-state index in [0.717, 1.165) is 18.6 Å². The van der Waals surface area contributed by atoms with Crippen molar-refractivity contribution in [3.63, 3.8) is 0 Å². The lowest BCUT2D eigenvalue weighted by molar-refractivity contribution is 0.320. The summed E-state index contributed by atoms with van der Waals surface area (Å²) >= 11 is 0. The van der Waals surface area contributed by atoms with Crippen molar-refractivity contribution in [1.82, 2.24) is 5.32 Å². The third kappa shape index (κ3) is 2.81. The SMILES string of the molecule is CCOc1ccccc1C(NC)C1Cc2ccccc2C1. The molecule has 0 bridgehead atoms. The van der Waals surface area contributed by atoms with E-state index in [2.05, 4.69) is 54.8 Å². The Morgan fingerprint density at radius 2 is 1.67 bits per heavy atom. The van der Waals surface area contributed by atoms with E-state index in [0.29, 0.717) is 18.6 Å². The molecule has 2 aromatic rings. The largest absolute Gasteiger partial charge is 0.494 e. The minimum Gasteiger partial charge on any atom is -0.494 e. The summed E-state index contributed by atoms with van der Waals surface area (Å²) < 4.78 is 5.82. The van der Waals surface area contributed by atoms with Crippen molar-refractivity contribution in [2.75, 3.05) is 13.7 Å². The van der Waals surface area contributed by atoms with Gasteiger partial charge in [-0.05, 0) is 49.9 Å². The average molecular weight is 281 g/mol. The second-order valence-electron chi connectivity index (χ2n) is 5.67. The van der Waals surface area contributed by atoms with Gasteiger partial charge >= 0.3 is 0 Å². The molecule has 0 aromatic heterocycles. The predicted octanol–water partition coefficient (Wildman–Crippen LogP) is 3.76. The summed E-state index contributed by atoms with van der Waals surface area (Å²) in [4.78, 5) is 0. The number of hydrogen-bond donors (Lipinski definition) is 1. The van der Waals surface area contributed by atoms with E-state index in [1.807, 2.05) is 13.0 Å². The smallest absolute Gasteiger partial charge is 0.124 e. The first-order valence-corrected chi connectivity index (χ1v) is 7.79. The molecular weight excluding hydrogens is 258 g/mol. The van der Waals surface area contributed by atoms with Crippen LogP contribution in [0.15, 0.2) is 48.5 Å². The lowest BCUT2D eigenvalue weighted by Gasteiger charge is -2.25. The molecule has 2 heteroatoms. The second kappa shape index (κ2) is 6.31. The Kier molecular flexibility index (Phi) is 4.26. The second-order valence-corrected chi connectivity index (χ2v) is 5.67. The Morgan fingerprint density at radius 3 is 2.29 bits per heavy atom. The van der Waals surface area contributed by atoms with Crippen LogP contribution in [0.2, 0.25) is 0 Å². The molecule has 3 rings (SSSR count). The van der Waals surface area contributed by atoms with Gasteiger partial charge < -0.3 is 10.1 Å². The van der Waals surface area contributed by atoms with E-state index in [4.69, 9.17) is 4.74 Å². The number of benzene rings is 2. The number of nitrogens with one attached hydrogen (secondary N) is 1. The van der Waals surface area contributed by atoms with Crippen molar-refractivity contribution in [2.24, 2.45) is 5.92 Å². The van der Waals surface area contributed by atoms with E-state index < -0.39 is 0 Å². The summed E-state index contributed by atoms with van der Waals surface area (Å²) in [6, 6.07) is 17.6. The fourth-order valence-electron chi connectivity index (χ4n) is 3.50. The van der Waals surface area contributed by atoms with E-state index in [-0.39, 0.29) is 0 Å². The highest BCUT2D eigenvalue weighted by Crippen LogP contribution is 2.38. The lowest BCUT2D eigenvalue weighted by Crippen LogP contribution is -2.26. The molecule has 0 aliphatic heterocycles. The van der Waals surface area contributed by atoms with Gasteiger partial charge in [-0.2, -0.15) is 0 Å². The Bertz CT molecular complexity index is 583. The summed E-state index contributed by atoms with van der Waals surface area (Å²) in [5, 5.41) is 3.51. The Hall–Kier alpha value is -1.80. The molecule has 0 spiro atoms. The molecule has 21 heavy (non-hydrogen) atoms. The first-order chi connectivity index (χ1) is 10.3. The van der Waals surface area contributed by atoms with Crippen molar-refractivity contribution >= 4 is 0 Å². The molecule has 0 amide bonds. The van der Waals surface area contributed by atoms with Crippen LogP contribution in [-0.2, 0) is 12.8 Å². The van der Waals surface area contributed by atoms with Gasteiger partial charge in [0.15, 0.2) is 0 Å². The summed E-state index contributed by atoms with van der Waals surface area (Å²) in [5.41, 5.74) is 4.27. The molecule has 1 atom stereocenters. The summed E-state index contributed by atoms with van der Waals surface area (Å²) in [5.74, 6) is 1.60. The molecule has 1 unspecified atom stereocenters. The van der Waals surface area contributed by atoms with Crippen molar-refractivity contribution in [3.8, 4) is 5.75 Å². The molecule has 1 aliphatic rings. The monoisotopic (exact) mass is 281 g/mol. The highest BCUT2D eigenvalue weighted by molar-refractivity contribution is 5.39.